The highest BCUT2D eigenvalue weighted by molar-refractivity contribution is 6.06. The van der Waals surface area contributed by atoms with E-state index in [4.69, 9.17) is 9.57 Å². The van der Waals surface area contributed by atoms with Crippen molar-refractivity contribution in [3.8, 4) is 0 Å². The number of nitrogens with one attached hydrogen (secondary N) is 1. The van der Waals surface area contributed by atoms with Gasteiger partial charge in [0.05, 0.1) is 18.9 Å². The first-order valence-electron chi connectivity index (χ1n) is 10.6. The van der Waals surface area contributed by atoms with Crippen LogP contribution in [0.1, 0.15) is 47.8 Å². The zero-order chi connectivity index (χ0) is 23.3. The van der Waals surface area contributed by atoms with Crippen LogP contribution >= 0.6 is 0 Å². The van der Waals surface area contributed by atoms with Crippen LogP contribution in [0.15, 0.2) is 41.6 Å². The number of rotatable bonds is 7. The van der Waals surface area contributed by atoms with E-state index in [2.05, 4.69) is 10.5 Å². The molecule has 1 saturated heterocycles. The Morgan fingerprint density at radius 2 is 1.94 bits per heavy atom. The predicted molar refractivity (Wildman–Crippen MR) is 122 cm³/mol. The third-order valence-corrected chi connectivity index (χ3v) is 5.28. The molecule has 1 aliphatic rings. The number of amides is 1. The zero-order valence-corrected chi connectivity index (χ0v) is 18.9. The summed E-state index contributed by atoms with van der Waals surface area (Å²) in [6, 6.07) is 9.77. The fourth-order valence-corrected chi connectivity index (χ4v) is 3.50. The summed E-state index contributed by atoms with van der Waals surface area (Å²) in [5.41, 5.74) is 3.60. The highest BCUT2D eigenvalue weighted by Gasteiger charge is 2.27. The second kappa shape index (κ2) is 10.1. The first-order chi connectivity index (χ1) is 15.2. The maximum Gasteiger partial charge on any atom is 0.270 e. The van der Waals surface area contributed by atoms with E-state index in [1.807, 2.05) is 31.7 Å². The summed E-state index contributed by atoms with van der Waals surface area (Å²) in [6.45, 7) is 9.10. The zero-order valence-electron chi connectivity index (χ0n) is 18.9. The van der Waals surface area contributed by atoms with Gasteiger partial charge < -0.3 is 19.8 Å². The molecule has 0 saturated carbocycles. The second-order valence-electron chi connectivity index (χ2n) is 7.83. The number of oxime groups is 1. The number of carbonyl (C=O) groups is 1. The Kier molecular flexibility index (Phi) is 7.45. The van der Waals surface area contributed by atoms with Crippen molar-refractivity contribution in [2.45, 2.75) is 33.6 Å². The number of hydrogen-bond acceptors (Lipinski definition) is 5. The summed E-state index contributed by atoms with van der Waals surface area (Å²) in [4.78, 5) is 20.1. The van der Waals surface area contributed by atoms with Crippen LogP contribution in [0.3, 0.4) is 0 Å². The number of carbonyl (C=O) groups excluding carboxylic acids is 1. The summed E-state index contributed by atoms with van der Waals surface area (Å²) in [7, 11) is 0. The van der Waals surface area contributed by atoms with Crippen LogP contribution in [-0.4, -0.2) is 44.5 Å². The lowest BCUT2D eigenvalue weighted by atomic mass is 10.0. The number of aryl methyl sites for hydroxylation is 1. The Labute approximate surface area is 187 Å². The average molecular weight is 446 g/mol. The average Bonchev–Trinajstić information content (AvgIpc) is 2.78. The number of alkyl halides is 2. The minimum absolute atomic E-state index is 0.173. The van der Waals surface area contributed by atoms with Gasteiger partial charge in [0.2, 0.25) is 0 Å². The van der Waals surface area contributed by atoms with Gasteiger partial charge >= 0.3 is 0 Å². The molecule has 3 rings (SSSR count). The van der Waals surface area contributed by atoms with Gasteiger partial charge in [0.1, 0.15) is 6.61 Å². The molecule has 1 amide bonds. The molecule has 0 atom stereocenters. The SMILES string of the molecule is CCO/N=C(\C)c1cc(NC(=O)c2cc(N3CCOCC3)cc(C(C)(F)F)c2)ccc1C. The normalized spacial score (nSPS) is 14.9. The van der Waals surface area contributed by atoms with Crippen LogP contribution in [-0.2, 0) is 15.5 Å². The maximum absolute atomic E-state index is 14.2. The van der Waals surface area contributed by atoms with E-state index in [1.165, 1.54) is 12.1 Å². The molecule has 0 spiro atoms. The smallest absolute Gasteiger partial charge is 0.270 e. The molecular weight excluding hydrogens is 416 g/mol. The predicted octanol–water partition coefficient (Wildman–Crippen LogP) is 4.96. The Balaban J connectivity index is 1.90. The summed E-state index contributed by atoms with van der Waals surface area (Å²) in [5.74, 6) is -3.53. The van der Waals surface area contributed by atoms with Gasteiger partial charge in [-0.05, 0) is 56.7 Å². The quantitative estimate of drug-likeness (QED) is 0.484. The lowest BCUT2D eigenvalue weighted by Gasteiger charge is -2.30. The number of anilines is 2. The fraction of sp³-hybridized carbons (Fsp3) is 0.417. The van der Waals surface area contributed by atoms with Gasteiger partial charge in [0.25, 0.3) is 11.8 Å². The second-order valence-corrected chi connectivity index (χ2v) is 7.83. The molecule has 6 nitrogen and oxygen atoms in total. The number of hydrogen-bond donors (Lipinski definition) is 1. The van der Waals surface area contributed by atoms with Crippen molar-refractivity contribution in [2.24, 2.45) is 5.16 Å². The van der Waals surface area contributed by atoms with Crippen molar-refractivity contribution in [1.82, 2.24) is 0 Å². The van der Waals surface area contributed by atoms with Crippen molar-refractivity contribution < 1.29 is 23.1 Å². The Hall–Kier alpha value is -3.00. The Morgan fingerprint density at radius 3 is 2.59 bits per heavy atom. The Bertz CT molecular complexity index is 996. The van der Waals surface area contributed by atoms with Gasteiger partial charge in [-0.2, -0.15) is 0 Å². The maximum atomic E-state index is 14.2. The third-order valence-electron chi connectivity index (χ3n) is 5.28. The molecule has 1 aliphatic heterocycles. The first kappa shape index (κ1) is 23.7. The molecule has 8 heteroatoms. The topological polar surface area (TPSA) is 63.2 Å². The molecule has 172 valence electrons. The standard InChI is InChI=1S/C24H29F2N3O3/c1-5-32-28-17(3)22-15-20(7-6-16(22)2)27-23(30)18-12-19(24(4,25)26)14-21(13-18)29-8-10-31-11-9-29/h6-7,12-15H,5,8-11H2,1-4H3,(H,27,30)/b28-17+. The molecule has 0 bridgehead atoms. The van der Waals surface area contributed by atoms with Crippen LogP contribution in [0.4, 0.5) is 20.2 Å². The van der Waals surface area contributed by atoms with E-state index in [1.54, 1.807) is 18.2 Å². The lowest BCUT2D eigenvalue weighted by Crippen LogP contribution is -2.36. The third kappa shape index (κ3) is 5.82. The van der Waals surface area contributed by atoms with E-state index < -0.39 is 11.8 Å². The summed E-state index contributed by atoms with van der Waals surface area (Å²) >= 11 is 0. The van der Waals surface area contributed by atoms with Crippen LogP contribution in [0, 0.1) is 6.92 Å². The van der Waals surface area contributed by atoms with Crippen LogP contribution in [0.2, 0.25) is 0 Å². The number of nitrogens with zero attached hydrogens (tertiary/aromatic N) is 2. The van der Waals surface area contributed by atoms with Gasteiger partial charge in [-0.3, -0.25) is 4.79 Å². The number of benzene rings is 2. The molecule has 1 heterocycles. The van der Waals surface area contributed by atoms with Crippen LogP contribution in [0.25, 0.3) is 0 Å². The summed E-state index contributed by atoms with van der Waals surface area (Å²) in [5, 5.41) is 6.88. The van der Waals surface area contributed by atoms with Crippen molar-refractivity contribution in [2.75, 3.05) is 43.1 Å². The van der Waals surface area contributed by atoms with E-state index in [0.717, 1.165) is 18.1 Å². The Morgan fingerprint density at radius 1 is 1.22 bits per heavy atom. The van der Waals surface area contributed by atoms with Gasteiger partial charge in [0, 0.05) is 48.1 Å². The molecule has 0 aromatic heterocycles. The highest BCUT2D eigenvalue weighted by Crippen LogP contribution is 2.32. The van der Waals surface area contributed by atoms with Crippen molar-refractivity contribution >= 4 is 23.0 Å². The van der Waals surface area contributed by atoms with Gasteiger partial charge in [-0.25, -0.2) is 8.78 Å². The summed E-state index contributed by atoms with van der Waals surface area (Å²) < 4.78 is 33.7. The molecule has 0 unspecified atom stereocenters. The van der Waals surface area contributed by atoms with E-state index in [9.17, 15) is 13.6 Å². The summed E-state index contributed by atoms with van der Waals surface area (Å²) in [6.07, 6.45) is 0. The largest absolute Gasteiger partial charge is 0.396 e. The van der Waals surface area contributed by atoms with E-state index in [0.29, 0.717) is 50.0 Å². The van der Waals surface area contributed by atoms with Gasteiger partial charge in [-0.1, -0.05) is 11.2 Å². The van der Waals surface area contributed by atoms with Gasteiger partial charge in [-0.15, -0.1) is 0 Å². The van der Waals surface area contributed by atoms with Crippen molar-refractivity contribution in [1.29, 1.82) is 0 Å². The van der Waals surface area contributed by atoms with Crippen LogP contribution < -0.4 is 10.2 Å². The van der Waals surface area contributed by atoms with E-state index in [-0.39, 0.29) is 11.1 Å². The minimum atomic E-state index is -3.07. The molecule has 2 aromatic carbocycles. The monoisotopic (exact) mass is 445 g/mol. The van der Waals surface area contributed by atoms with Gasteiger partial charge in [0.15, 0.2) is 0 Å². The molecule has 1 N–H and O–H groups in total. The van der Waals surface area contributed by atoms with Crippen molar-refractivity contribution in [3.63, 3.8) is 0 Å². The number of ether oxygens (including phenoxy) is 1. The molecule has 0 radical (unpaired) electrons. The number of halogens is 2. The molecule has 2 aromatic rings. The fourth-order valence-electron chi connectivity index (χ4n) is 3.50. The molecular formula is C24H29F2N3O3. The van der Waals surface area contributed by atoms with Crippen molar-refractivity contribution in [3.05, 3.63) is 58.7 Å². The first-order valence-corrected chi connectivity index (χ1v) is 10.6. The molecule has 1 fully saturated rings. The highest BCUT2D eigenvalue weighted by atomic mass is 19.3. The lowest BCUT2D eigenvalue weighted by molar-refractivity contribution is 0.0174. The number of morpholine rings is 1. The molecule has 0 aliphatic carbocycles. The minimum Gasteiger partial charge on any atom is -0.396 e. The van der Waals surface area contributed by atoms with E-state index >= 15 is 0 Å². The van der Waals surface area contributed by atoms with Crippen LogP contribution in [0.5, 0.6) is 0 Å². The molecule has 32 heavy (non-hydrogen) atoms.